The smallest absolute Gasteiger partial charge is 0.266 e. The standard InChI is InChI=1S/C26H25N3O3S2/c1-17-13-20(31-2)10-11-22(17)24-18(15-29(27-24)19-7-4-3-5-8-19)14-23-25(30)28(26(33)34-23)16-21-9-6-12-32-21/h3-5,7-8,10-11,13-15,21H,6,9,12,16H2,1-2H3/b23-14+. The summed E-state index contributed by atoms with van der Waals surface area (Å²) in [4.78, 5) is 15.5. The third-order valence-electron chi connectivity index (χ3n) is 6.02. The van der Waals surface area contributed by atoms with Crippen LogP contribution in [0, 0.1) is 6.92 Å². The maximum Gasteiger partial charge on any atom is 0.266 e. The van der Waals surface area contributed by atoms with Crippen molar-refractivity contribution >= 4 is 40.3 Å². The molecule has 1 amide bonds. The molecule has 6 nitrogen and oxygen atoms in total. The molecule has 2 fully saturated rings. The van der Waals surface area contributed by atoms with E-state index in [-0.39, 0.29) is 12.0 Å². The molecule has 0 radical (unpaired) electrons. The van der Waals surface area contributed by atoms with Crippen LogP contribution in [-0.4, -0.2) is 51.3 Å². The van der Waals surface area contributed by atoms with E-state index in [0.717, 1.165) is 53.3 Å². The summed E-state index contributed by atoms with van der Waals surface area (Å²) < 4.78 is 13.5. The minimum atomic E-state index is -0.0737. The molecule has 0 N–H and O–H groups in total. The predicted octanol–water partition coefficient (Wildman–Crippen LogP) is 5.24. The van der Waals surface area contributed by atoms with Crippen molar-refractivity contribution in [2.45, 2.75) is 25.9 Å². The second-order valence-corrected chi connectivity index (χ2v) is 10.00. The first-order valence-corrected chi connectivity index (χ1v) is 12.4. The molecule has 2 aliphatic rings. The minimum Gasteiger partial charge on any atom is -0.497 e. The van der Waals surface area contributed by atoms with Crippen molar-refractivity contribution in [2.75, 3.05) is 20.3 Å². The average Bonchev–Trinajstić information content (AvgIpc) is 3.57. The van der Waals surface area contributed by atoms with Crippen LogP contribution in [0.25, 0.3) is 23.0 Å². The molecule has 2 saturated heterocycles. The highest BCUT2D eigenvalue weighted by atomic mass is 32.2. The molecule has 5 rings (SSSR count). The van der Waals surface area contributed by atoms with E-state index < -0.39 is 0 Å². The van der Waals surface area contributed by atoms with Crippen molar-refractivity contribution in [3.8, 4) is 22.7 Å². The van der Waals surface area contributed by atoms with Gasteiger partial charge in [0, 0.05) is 23.9 Å². The van der Waals surface area contributed by atoms with Crippen LogP contribution in [0.4, 0.5) is 0 Å². The third-order valence-corrected chi connectivity index (χ3v) is 7.40. The Balaban J connectivity index is 1.54. The normalized spacial score (nSPS) is 19.4. The number of hydrogen-bond donors (Lipinski definition) is 0. The number of thiocarbonyl (C=S) groups is 1. The Hall–Kier alpha value is -2.94. The number of nitrogens with zero attached hydrogens (tertiary/aromatic N) is 3. The van der Waals surface area contributed by atoms with E-state index in [2.05, 4.69) is 0 Å². The van der Waals surface area contributed by atoms with Crippen molar-refractivity contribution < 1.29 is 14.3 Å². The first-order valence-electron chi connectivity index (χ1n) is 11.2. The Labute approximate surface area is 208 Å². The number of methoxy groups -OCH3 is 1. The van der Waals surface area contributed by atoms with Gasteiger partial charge in [-0.15, -0.1) is 0 Å². The Kier molecular flexibility index (Phi) is 6.54. The maximum absolute atomic E-state index is 13.2. The van der Waals surface area contributed by atoms with E-state index in [4.69, 9.17) is 26.8 Å². The summed E-state index contributed by atoms with van der Waals surface area (Å²) in [5, 5.41) is 4.90. The van der Waals surface area contributed by atoms with Gasteiger partial charge in [0.1, 0.15) is 15.8 Å². The number of hydrogen-bond acceptors (Lipinski definition) is 6. The minimum absolute atomic E-state index is 0.0557. The average molecular weight is 492 g/mol. The summed E-state index contributed by atoms with van der Waals surface area (Å²) in [6.45, 7) is 3.29. The summed E-state index contributed by atoms with van der Waals surface area (Å²) in [7, 11) is 1.66. The lowest BCUT2D eigenvalue weighted by Crippen LogP contribution is -2.35. The van der Waals surface area contributed by atoms with Gasteiger partial charge < -0.3 is 9.47 Å². The predicted molar refractivity (Wildman–Crippen MR) is 139 cm³/mol. The van der Waals surface area contributed by atoms with Gasteiger partial charge in [-0.1, -0.05) is 42.2 Å². The number of amides is 1. The van der Waals surface area contributed by atoms with Gasteiger partial charge in [0.15, 0.2) is 0 Å². The molecule has 8 heteroatoms. The molecule has 174 valence electrons. The van der Waals surface area contributed by atoms with Gasteiger partial charge in [-0.3, -0.25) is 9.69 Å². The highest BCUT2D eigenvalue weighted by Gasteiger charge is 2.35. The number of aromatic nitrogens is 2. The molecule has 0 aliphatic carbocycles. The number of ether oxygens (including phenoxy) is 2. The van der Waals surface area contributed by atoms with E-state index in [1.165, 1.54) is 11.8 Å². The molecule has 2 aliphatic heterocycles. The van der Waals surface area contributed by atoms with Crippen molar-refractivity contribution in [1.82, 2.24) is 14.7 Å². The number of benzene rings is 2. The lowest BCUT2D eigenvalue weighted by molar-refractivity contribution is -0.123. The summed E-state index contributed by atoms with van der Waals surface area (Å²) in [6, 6.07) is 15.9. The number of aryl methyl sites for hydroxylation is 1. The zero-order chi connectivity index (χ0) is 23.7. The van der Waals surface area contributed by atoms with Crippen LogP contribution < -0.4 is 4.74 Å². The molecule has 0 saturated carbocycles. The van der Waals surface area contributed by atoms with Gasteiger partial charge in [0.2, 0.25) is 0 Å². The summed E-state index contributed by atoms with van der Waals surface area (Å²) in [5.74, 6) is 0.718. The van der Waals surface area contributed by atoms with E-state index in [0.29, 0.717) is 15.8 Å². The molecule has 1 atom stereocenters. The molecular weight excluding hydrogens is 466 g/mol. The fourth-order valence-corrected chi connectivity index (χ4v) is 5.50. The molecule has 2 aromatic carbocycles. The molecule has 0 spiro atoms. The van der Waals surface area contributed by atoms with Gasteiger partial charge >= 0.3 is 0 Å². The fraction of sp³-hybridized carbons (Fsp3) is 0.269. The topological polar surface area (TPSA) is 56.6 Å². The third kappa shape index (κ3) is 4.53. The van der Waals surface area contributed by atoms with Crippen molar-refractivity contribution in [2.24, 2.45) is 0 Å². The van der Waals surface area contributed by atoms with Crippen LogP contribution in [0.5, 0.6) is 5.75 Å². The van der Waals surface area contributed by atoms with Crippen LogP contribution in [0.1, 0.15) is 24.0 Å². The van der Waals surface area contributed by atoms with Crippen LogP contribution >= 0.6 is 24.0 Å². The largest absolute Gasteiger partial charge is 0.497 e. The lowest BCUT2D eigenvalue weighted by atomic mass is 10.0. The SMILES string of the molecule is COc1ccc(-c2nn(-c3ccccc3)cc2/C=C2/SC(=S)N(CC3CCCO3)C2=O)c(C)c1. The zero-order valence-corrected chi connectivity index (χ0v) is 20.7. The zero-order valence-electron chi connectivity index (χ0n) is 19.1. The van der Waals surface area contributed by atoms with E-state index >= 15 is 0 Å². The summed E-state index contributed by atoms with van der Waals surface area (Å²) in [6.07, 6.45) is 5.90. The number of para-hydroxylation sites is 1. The molecule has 3 aromatic rings. The summed E-state index contributed by atoms with van der Waals surface area (Å²) in [5.41, 5.74) is 4.62. The van der Waals surface area contributed by atoms with Crippen LogP contribution in [-0.2, 0) is 9.53 Å². The monoisotopic (exact) mass is 491 g/mol. The number of thioether (sulfide) groups is 1. The fourth-order valence-electron chi connectivity index (χ4n) is 4.23. The van der Waals surface area contributed by atoms with Crippen LogP contribution in [0.15, 0.2) is 59.6 Å². The quantitative estimate of drug-likeness (QED) is 0.347. The molecule has 0 bridgehead atoms. The summed E-state index contributed by atoms with van der Waals surface area (Å²) >= 11 is 6.87. The van der Waals surface area contributed by atoms with Crippen molar-refractivity contribution in [1.29, 1.82) is 0 Å². The number of rotatable bonds is 6. The molecule has 1 aromatic heterocycles. The Morgan fingerprint density at radius 2 is 2.09 bits per heavy atom. The van der Waals surface area contributed by atoms with Gasteiger partial charge in [-0.05, 0) is 61.7 Å². The van der Waals surface area contributed by atoms with Crippen LogP contribution in [0.2, 0.25) is 0 Å². The first kappa shape index (κ1) is 22.8. The molecule has 3 heterocycles. The van der Waals surface area contributed by atoms with Crippen molar-refractivity contribution in [3.63, 3.8) is 0 Å². The van der Waals surface area contributed by atoms with Gasteiger partial charge in [0.05, 0.1) is 30.4 Å². The van der Waals surface area contributed by atoms with Crippen LogP contribution in [0.3, 0.4) is 0 Å². The van der Waals surface area contributed by atoms with Crippen molar-refractivity contribution in [3.05, 3.63) is 70.8 Å². The maximum atomic E-state index is 13.2. The second-order valence-electron chi connectivity index (χ2n) is 8.32. The van der Waals surface area contributed by atoms with Gasteiger partial charge in [-0.25, -0.2) is 4.68 Å². The Bertz CT molecular complexity index is 1260. The Morgan fingerprint density at radius 1 is 1.26 bits per heavy atom. The highest BCUT2D eigenvalue weighted by molar-refractivity contribution is 8.26. The lowest BCUT2D eigenvalue weighted by Gasteiger charge is -2.18. The number of carbonyl (C=O) groups is 1. The number of carbonyl (C=O) groups excluding carboxylic acids is 1. The molecule has 34 heavy (non-hydrogen) atoms. The highest BCUT2D eigenvalue weighted by Crippen LogP contribution is 2.36. The first-order chi connectivity index (χ1) is 16.5. The molecule has 1 unspecified atom stereocenters. The van der Waals surface area contributed by atoms with E-state index in [9.17, 15) is 4.79 Å². The van der Waals surface area contributed by atoms with Gasteiger partial charge in [0.25, 0.3) is 5.91 Å². The van der Waals surface area contributed by atoms with E-state index in [1.807, 2.05) is 72.4 Å². The van der Waals surface area contributed by atoms with Gasteiger partial charge in [-0.2, -0.15) is 5.10 Å². The Morgan fingerprint density at radius 3 is 2.79 bits per heavy atom. The second kappa shape index (κ2) is 9.74. The molecular formula is C26H25N3O3S2. The van der Waals surface area contributed by atoms with E-state index in [1.54, 1.807) is 12.0 Å².